The van der Waals surface area contributed by atoms with Gasteiger partial charge in [-0.3, -0.25) is 5.14 Å². The van der Waals surface area contributed by atoms with Gasteiger partial charge in [0.15, 0.2) is 0 Å². The largest absolute Gasteiger partial charge is 0.281 e. The molecule has 3 rings (SSSR count). The Kier molecular flexibility index (Phi) is 11.7. The summed E-state index contributed by atoms with van der Waals surface area (Å²) in [4.78, 5) is 7.71. The Morgan fingerprint density at radius 3 is 2.71 bits per heavy atom. The second-order valence-electron chi connectivity index (χ2n) is 9.95. The molecule has 1 fully saturated rings. The Morgan fingerprint density at radius 1 is 1.31 bits per heavy atom. The molecule has 1 aliphatic heterocycles. The minimum Gasteiger partial charge on any atom is -0.281 e. The van der Waals surface area contributed by atoms with Crippen LogP contribution in [-0.2, 0) is 11.7 Å². The molecular formula is C26H44N7SSe. The van der Waals surface area contributed by atoms with Crippen molar-refractivity contribution in [2.24, 2.45) is 16.8 Å². The minimum atomic E-state index is -0.572. The van der Waals surface area contributed by atoms with Gasteiger partial charge in [-0.25, -0.2) is 0 Å². The Labute approximate surface area is 221 Å². The van der Waals surface area contributed by atoms with Crippen molar-refractivity contribution in [1.29, 1.82) is 0 Å². The Hall–Kier alpha value is -1.93. The van der Waals surface area contributed by atoms with Crippen molar-refractivity contribution in [3.05, 3.63) is 60.7 Å². The third-order valence-electron chi connectivity index (χ3n) is 6.23. The van der Waals surface area contributed by atoms with Crippen molar-refractivity contribution in [3.63, 3.8) is 0 Å². The van der Waals surface area contributed by atoms with Crippen LogP contribution in [0.15, 0.2) is 49.5 Å². The number of pyridine rings is 1. The van der Waals surface area contributed by atoms with Crippen LogP contribution in [0.4, 0.5) is 5.82 Å². The first-order chi connectivity index (χ1) is 16.7. The summed E-state index contributed by atoms with van der Waals surface area (Å²) in [5, 5.41) is 13.3. The van der Waals surface area contributed by atoms with Crippen molar-refractivity contribution in [2.45, 2.75) is 68.5 Å². The number of hydrogen-bond acceptors (Lipinski definition) is 7. The first-order valence-corrected chi connectivity index (χ1v) is 17.3. The predicted molar refractivity (Wildman–Crippen MR) is 154 cm³/mol. The predicted octanol–water partition coefficient (Wildman–Crippen LogP) is 4.42. The molecule has 1 unspecified atom stereocenters. The molecule has 1 aliphatic rings. The number of nitrogens with one attached hydrogen (secondary N) is 1. The second kappa shape index (κ2) is 14.0. The maximum absolute atomic E-state index is 5.64. The zero-order valence-corrected chi connectivity index (χ0v) is 24.4. The van der Waals surface area contributed by atoms with Crippen LogP contribution in [-0.4, -0.2) is 47.3 Å². The normalized spacial score (nSPS) is 16.7. The van der Waals surface area contributed by atoms with Crippen molar-refractivity contribution in [2.75, 3.05) is 18.0 Å². The van der Waals surface area contributed by atoms with E-state index in [-0.39, 0.29) is 5.54 Å². The molecule has 0 spiro atoms. The van der Waals surface area contributed by atoms with E-state index in [1.807, 2.05) is 10.8 Å². The fraction of sp³-hybridized carbons (Fsp3) is 0.538. The SMILES string of the molecule is C=CCCc1ccc(-n2ccc(C[Se](C)C)n2)nc1N1CC(CCCNC(=C)N)CC1(C)C.NS. The molecular weight excluding hydrogens is 521 g/mol. The molecule has 0 bridgehead atoms. The summed E-state index contributed by atoms with van der Waals surface area (Å²) in [6, 6.07) is 6.48. The number of nitrogens with two attached hydrogens (primary N) is 2. The Bertz CT molecular complexity index is 957. The summed E-state index contributed by atoms with van der Waals surface area (Å²) in [7, 11) is 0. The minimum absolute atomic E-state index is 0.0576. The number of thiol groups is 1. The molecule has 9 heteroatoms. The molecule has 7 nitrogen and oxygen atoms in total. The summed E-state index contributed by atoms with van der Waals surface area (Å²) in [6.07, 6.45) is 9.37. The molecule has 3 heterocycles. The summed E-state index contributed by atoms with van der Waals surface area (Å²) >= 11 is 2.46. The molecule has 0 amide bonds. The van der Waals surface area contributed by atoms with Crippen LogP contribution in [0.5, 0.6) is 0 Å². The summed E-state index contributed by atoms with van der Waals surface area (Å²) < 4.78 is 1.94. The van der Waals surface area contributed by atoms with Crippen LogP contribution in [0, 0.1) is 5.92 Å². The van der Waals surface area contributed by atoms with Gasteiger partial charge in [0.25, 0.3) is 0 Å². The quantitative estimate of drug-likeness (QED) is 0.132. The van der Waals surface area contributed by atoms with E-state index in [9.17, 15) is 0 Å². The van der Waals surface area contributed by atoms with E-state index in [0.717, 1.165) is 55.7 Å². The number of aromatic nitrogens is 3. The van der Waals surface area contributed by atoms with Gasteiger partial charge in [-0.15, -0.1) is 12.8 Å². The van der Waals surface area contributed by atoms with Gasteiger partial charge in [-0.2, -0.15) is 0 Å². The summed E-state index contributed by atoms with van der Waals surface area (Å²) in [5.74, 6) is 7.87. The van der Waals surface area contributed by atoms with Gasteiger partial charge in [-0.05, 0) is 0 Å². The van der Waals surface area contributed by atoms with Gasteiger partial charge in [0.2, 0.25) is 0 Å². The molecule has 35 heavy (non-hydrogen) atoms. The van der Waals surface area contributed by atoms with Gasteiger partial charge in [0.1, 0.15) is 0 Å². The molecule has 0 aliphatic carbocycles. The average molecular weight is 566 g/mol. The number of allylic oxidation sites excluding steroid dienone is 1. The fourth-order valence-electron chi connectivity index (χ4n) is 4.74. The molecule has 0 aromatic carbocycles. The molecule has 1 saturated heterocycles. The third kappa shape index (κ3) is 8.60. The number of rotatable bonds is 12. The van der Waals surface area contributed by atoms with Gasteiger partial charge in [0, 0.05) is 6.54 Å². The molecule has 2 aromatic rings. The van der Waals surface area contributed by atoms with E-state index in [1.54, 1.807) is 0 Å². The topological polar surface area (TPSA) is 98.0 Å². The zero-order valence-electron chi connectivity index (χ0n) is 21.8. The van der Waals surface area contributed by atoms with Crippen LogP contribution in [0.2, 0.25) is 11.6 Å². The summed E-state index contributed by atoms with van der Waals surface area (Å²) in [6.45, 7) is 14.2. The average Bonchev–Trinajstić information content (AvgIpc) is 3.39. The number of anilines is 1. The van der Waals surface area contributed by atoms with Crippen molar-refractivity contribution in [3.8, 4) is 5.82 Å². The Balaban J connectivity index is 0.00000210. The van der Waals surface area contributed by atoms with Crippen LogP contribution in [0.1, 0.15) is 50.8 Å². The molecule has 5 N–H and O–H groups in total. The smallest absolute Gasteiger partial charge is 0.103 e. The van der Waals surface area contributed by atoms with E-state index < -0.39 is 13.9 Å². The first-order valence-electron chi connectivity index (χ1n) is 12.1. The maximum atomic E-state index is 5.64. The fourth-order valence-corrected chi connectivity index (χ4v) is 6.30. The monoisotopic (exact) mass is 566 g/mol. The van der Waals surface area contributed by atoms with E-state index in [4.69, 9.17) is 15.8 Å². The second-order valence-corrected chi connectivity index (χ2v) is 14.7. The molecule has 1 radical (unpaired) electrons. The van der Waals surface area contributed by atoms with E-state index in [0.29, 0.717) is 11.7 Å². The third-order valence-corrected chi connectivity index (χ3v) is 8.06. The van der Waals surface area contributed by atoms with Gasteiger partial charge in [-0.1, -0.05) is 6.58 Å². The van der Waals surface area contributed by atoms with Crippen LogP contribution in [0.3, 0.4) is 0 Å². The van der Waals surface area contributed by atoms with Crippen molar-refractivity contribution < 1.29 is 0 Å². The molecule has 0 saturated carbocycles. The number of nitrogens with zero attached hydrogens (tertiary/aromatic N) is 4. The van der Waals surface area contributed by atoms with E-state index in [2.05, 4.69) is 91.2 Å². The number of hydrogen-bond donors (Lipinski definition) is 4. The van der Waals surface area contributed by atoms with Gasteiger partial charge < -0.3 is 11.1 Å². The summed E-state index contributed by atoms with van der Waals surface area (Å²) in [5.41, 5.74) is 8.15. The van der Waals surface area contributed by atoms with Crippen LogP contribution in [0.25, 0.3) is 5.82 Å². The van der Waals surface area contributed by atoms with E-state index in [1.165, 1.54) is 17.7 Å². The van der Waals surface area contributed by atoms with Crippen molar-refractivity contribution in [1.82, 2.24) is 20.1 Å². The zero-order chi connectivity index (χ0) is 26.0. The van der Waals surface area contributed by atoms with Gasteiger partial charge >= 0.3 is 174 Å². The van der Waals surface area contributed by atoms with Crippen LogP contribution < -0.4 is 21.1 Å². The van der Waals surface area contributed by atoms with Gasteiger partial charge in [0.05, 0.1) is 5.82 Å². The first kappa shape index (κ1) is 29.3. The van der Waals surface area contributed by atoms with E-state index >= 15 is 0 Å². The molecule has 1 atom stereocenters. The standard InChI is InChI=1S/C26H41N6Se.H3NS/c1-7-8-11-22-12-13-24(32-16-14-23(30-32)19-33(5)6)29-25(22)31-18-21(17-26(31,3)4)10-9-15-28-20(2)27;1-2/h7,12-14,16,21,28H,1-2,8-11,15,17-19,27H2,3-6H3;2H,1H2. The molecule has 2 aromatic heterocycles. The Morgan fingerprint density at radius 2 is 2.06 bits per heavy atom. The number of aryl methyl sites for hydroxylation is 1. The van der Waals surface area contributed by atoms with Crippen LogP contribution >= 0.6 is 12.8 Å². The van der Waals surface area contributed by atoms with Crippen molar-refractivity contribution >= 4 is 32.5 Å². The molecule has 195 valence electrons. The maximum Gasteiger partial charge on any atom is -0.103 e.